The number of nitrogens with one attached hydrogen (secondary N) is 1. The Morgan fingerprint density at radius 3 is 2.81 bits per heavy atom. The first-order valence-corrected chi connectivity index (χ1v) is 7.03. The van der Waals surface area contributed by atoms with Crippen LogP contribution in [0.1, 0.15) is 32.8 Å². The van der Waals surface area contributed by atoms with Crippen LogP contribution in [0.2, 0.25) is 0 Å². The lowest BCUT2D eigenvalue weighted by Crippen LogP contribution is -2.37. The first-order valence-electron chi connectivity index (χ1n) is 5.88. The molecule has 0 spiro atoms. The van der Waals surface area contributed by atoms with E-state index in [1.807, 2.05) is 29.7 Å². The van der Waals surface area contributed by atoms with E-state index in [-0.39, 0.29) is 5.54 Å². The number of thioether (sulfide) groups is 1. The molecule has 92 valence electrons. The maximum absolute atomic E-state index is 4.21. The molecule has 0 saturated carbocycles. The van der Waals surface area contributed by atoms with Gasteiger partial charge in [-0.25, -0.2) is 0 Å². The predicted octanol–water partition coefficient (Wildman–Crippen LogP) is 2.39. The smallest absolute Gasteiger partial charge is 0.0540 e. The van der Waals surface area contributed by atoms with Crippen LogP contribution in [-0.4, -0.2) is 27.8 Å². The fraction of sp³-hybridized carbons (Fsp3) is 0.750. The molecule has 1 aromatic heterocycles. The number of aryl methyl sites for hydroxylation is 1. The lowest BCUT2D eigenvalue weighted by atomic mass is 9.98. The van der Waals surface area contributed by atoms with Gasteiger partial charge in [0.1, 0.15) is 0 Å². The van der Waals surface area contributed by atoms with E-state index in [2.05, 4.69) is 37.4 Å². The van der Waals surface area contributed by atoms with Crippen LogP contribution in [0.4, 0.5) is 0 Å². The molecule has 1 rings (SSSR count). The summed E-state index contributed by atoms with van der Waals surface area (Å²) in [5.74, 6) is 2.46. The molecule has 1 heterocycles. The summed E-state index contributed by atoms with van der Waals surface area (Å²) < 4.78 is 1.85. The van der Waals surface area contributed by atoms with Gasteiger partial charge < -0.3 is 5.32 Å². The number of aromatic nitrogens is 2. The highest BCUT2D eigenvalue weighted by Gasteiger charge is 2.20. The molecule has 1 N–H and O–H groups in total. The van der Waals surface area contributed by atoms with Gasteiger partial charge in [0.15, 0.2) is 0 Å². The summed E-state index contributed by atoms with van der Waals surface area (Å²) in [5, 5.41) is 7.79. The molecule has 0 aromatic carbocycles. The Morgan fingerprint density at radius 2 is 2.25 bits per heavy atom. The van der Waals surface area contributed by atoms with Gasteiger partial charge in [-0.1, -0.05) is 6.92 Å². The zero-order valence-corrected chi connectivity index (χ0v) is 11.6. The molecule has 3 nitrogen and oxygen atoms in total. The highest BCUT2D eigenvalue weighted by Crippen LogP contribution is 2.18. The molecular weight excluding hydrogens is 218 g/mol. The molecule has 0 radical (unpaired) electrons. The van der Waals surface area contributed by atoms with Crippen LogP contribution in [-0.2, 0) is 12.6 Å². The van der Waals surface area contributed by atoms with Gasteiger partial charge in [-0.15, -0.1) is 0 Å². The van der Waals surface area contributed by atoms with Crippen molar-refractivity contribution in [2.24, 2.45) is 7.05 Å². The monoisotopic (exact) mass is 241 g/mol. The van der Waals surface area contributed by atoms with E-state index in [4.69, 9.17) is 0 Å². The molecule has 0 aliphatic heterocycles. The molecular formula is C12H23N3S. The second-order valence-corrected chi connectivity index (χ2v) is 5.90. The van der Waals surface area contributed by atoms with Gasteiger partial charge in [-0.3, -0.25) is 4.68 Å². The zero-order chi connectivity index (χ0) is 12.0. The Balaban J connectivity index is 2.34. The fourth-order valence-electron chi connectivity index (χ4n) is 1.57. The molecule has 1 aromatic rings. The van der Waals surface area contributed by atoms with Crippen LogP contribution in [0.15, 0.2) is 12.4 Å². The Hall–Kier alpha value is -0.480. The van der Waals surface area contributed by atoms with Crippen molar-refractivity contribution in [1.82, 2.24) is 15.1 Å². The molecule has 0 aliphatic rings. The van der Waals surface area contributed by atoms with Crippen molar-refractivity contribution in [2.75, 3.05) is 18.1 Å². The van der Waals surface area contributed by atoms with Gasteiger partial charge >= 0.3 is 0 Å². The van der Waals surface area contributed by atoms with Crippen molar-refractivity contribution in [1.29, 1.82) is 0 Å². The van der Waals surface area contributed by atoms with Crippen LogP contribution in [0, 0.1) is 0 Å². The molecule has 0 unspecified atom stereocenters. The van der Waals surface area contributed by atoms with E-state index in [0.29, 0.717) is 0 Å². The average Bonchev–Trinajstić information content (AvgIpc) is 2.65. The van der Waals surface area contributed by atoms with E-state index in [1.165, 1.54) is 23.5 Å². The number of nitrogens with zero attached hydrogens (tertiary/aromatic N) is 2. The molecule has 4 heteroatoms. The molecule has 0 bridgehead atoms. The predicted molar refractivity (Wildman–Crippen MR) is 71.9 cm³/mol. The Kier molecular flexibility index (Phi) is 5.35. The third-order valence-electron chi connectivity index (χ3n) is 2.66. The Bertz CT molecular complexity index is 307. The number of hydrogen-bond donors (Lipinski definition) is 1. The van der Waals surface area contributed by atoms with Crippen LogP contribution in [0.5, 0.6) is 0 Å². The number of hydrogen-bond acceptors (Lipinski definition) is 3. The summed E-state index contributed by atoms with van der Waals surface area (Å²) >= 11 is 2.00. The third kappa shape index (κ3) is 4.18. The van der Waals surface area contributed by atoms with E-state index in [0.717, 1.165) is 6.54 Å². The van der Waals surface area contributed by atoms with Gasteiger partial charge in [0, 0.05) is 24.3 Å². The lowest BCUT2D eigenvalue weighted by molar-refractivity contribution is 0.404. The maximum Gasteiger partial charge on any atom is 0.0540 e. The van der Waals surface area contributed by atoms with Gasteiger partial charge in [0.05, 0.1) is 6.20 Å². The summed E-state index contributed by atoms with van der Waals surface area (Å²) in [5.41, 5.74) is 1.27. The topological polar surface area (TPSA) is 29.9 Å². The summed E-state index contributed by atoms with van der Waals surface area (Å²) in [4.78, 5) is 0. The van der Waals surface area contributed by atoms with Crippen molar-refractivity contribution in [3.63, 3.8) is 0 Å². The first-order chi connectivity index (χ1) is 7.56. The normalized spacial score (nSPS) is 12.0. The van der Waals surface area contributed by atoms with E-state index in [9.17, 15) is 0 Å². The highest BCUT2D eigenvalue weighted by molar-refractivity contribution is 7.99. The average molecular weight is 241 g/mol. The Morgan fingerprint density at radius 1 is 1.50 bits per heavy atom. The fourth-order valence-corrected chi connectivity index (χ4v) is 2.20. The van der Waals surface area contributed by atoms with Crippen molar-refractivity contribution in [2.45, 2.75) is 32.7 Å². The van der Waals surface area contributed by atoms with Crippen molar-refractivity contribution in [3.05, 3.63) is 18.0 Å². The quantitative estimate of drug-likeness (QED) is 0.743. The van der Waals surface area contributed by atoms with Gasteiger partial charge in [0.25, 0.3) is 0 Å². The summed E-state index contributed by atoms with van der Waals surface area (Å²) in [6.07, 6.45) is 5.24. The lowest BCUT2D eigenvalue weighted by Gasteiger charge is -2.25. The molecule has 0 fully saturated rings. The Labute approximate surface area is 103 Å². The standard InChI is InChI=1S/C12H23N3S/c1-5-16-8-6-7-13-12(2,3)11-9-14-15(4)10-11/h9-10,13H,5-8H2,1-4H3. The maximum atomic E-state index is 4.21. The first kappa shape index (κ1) is 13.6. The van der Waals surface area contributed by atoms with E-state index < -0.39 is 0 Å². The molecule has 16 heavy (non-hydrogen) atoms. The van der Waals surface area contributed by atoms with Crippen LogP contribution in [0.3, 0.4) is 0 Å². The SMILES string of the molecule is CCSCCCNC(C)(C)c1cnn(C)c1. The molecule has 0 aliphatic carbocycles. The van der Waals surface area contributed by atoms with Crippen LogP contribution >= 0.6 is 11.8 Å². The molecule has 0 saturated heterocycles. The minimum Gasteiger partial charge on any atom is -0.308 e. The van der Waals surface area contributed by atoms with Crippen molar-refractivity contribution in [3.8, 4) is 0 Å². The van der Waals surface area contributed by atoms with Crippen LogP contribution in [0.25, 0.3) is 0 Å². The summed E-state index contributed by atoms with van der Waals surface area (Å²) in [7, 11) is 1.96. The second kappa shape index (κ2) is 6.30. The zero-order valence-electron chi connectivity index (χ0n) is 10.8. The second-order valence-electron chi connectivity index (χ2n) is 4.50. The van der Waals surface area contributed by atoms with Crippen molar-refractivity contribution >= 4 is 11.8 Å². The molecule has 0 amide bonds. The summed E-state index contributed by atoms with van der Waals surface area (Å²) in [6.45, 7) is 7.68. The van der Waals surface area contributed by atoms with Crippen LogP contribution < -0.4 is 5.32 Å². The highest BCUT2D eigenvalue weighted by atomic mass is 32.2. The third-order valence-corrected chi connectivity index (χ3v) is 3.65. The van der Waals surface area contributed by atoms with E-state index >= 15 is 0 Å². The van der Waals surface area contributed by atoms with Gasteiger partial charge in [-0.2, -0.15) is 16.9 Å². The van der Waals surface area contributed by atoms with E-state index in [1.54, 1.807) is 0 Å². The van der Waals surface area contributed by atoms with Crippen molar-refractivity contribution < 1.29 is 0 Å². The number of rotatable bonds is 7. The van der Waals surface area contributed by atoms with Gasteiger partial charge in [0.2, 0.25) is 0 Å². The minimum atomic E-state index is 0.0190. The van der Waals surface area contributed by atoms with Gasteiger partial charge in [-0.05, 0) is 38.3 Å². The largest absolute Gasteiger partial charge is 0.308 e. The minimum absolute atomic E-state index is 0.0190. The summed E-state index contributed by atoms with van der Waals surface area (Å²) in [6, 6.07) is 0. The molecule has 0 atom stereocenters.